The van der Waals surface area contributed by atoms with E-state index < -0.39 is 5.95 Å². The molecule has 0 bridgehead atoms. The van der Waals surface area contributed by atoms with Gasteiger partial charge in [0.15, 0.2) is 0 Å². The molecule has 1 saturated heterocycles. The van der Waals surface area contributed by atoms with Crippen LogP contribution in [0.3, 0.4) is 0 Å². The van der Waals surface area contributed by atoms with Crippen LogP contribution in [0.4, 0.5) is 4.39 Å². The Labute approximate surface area is 94.2 Å². The monoisotopic (exact) mass is 222 g/mol. The lowest BCUT2D eigenvalue weighted by atomic mass is 9.88. The number of hydrogen-bond donors (Lipinski definition) is 0. The second kappa shape index (κ2) is 3.17. The van der Waals surface area contributed by atoms with Gasteiger partial charge in [-0.1, -0.05) is 0 Å². The van der Waals surface area contributed by atoms with E-state index >= 15 is 0 Å². The molecule has 0 saturated carbocycles. The summed E-state index contributed by atoms with van der Waals surface area (Å²) in [5, 5.41) is 0. The van der Waals surface area contributed by atoms with Crippen LogP contribution in [0.2, 0.25) is 0 Å². The number of pyridine rings is 1. The van der Waals surface area contributed by atoms with E-state index in [1.54, 1.807) is 6.07 Å². The minimum Gasteiger partial charge on any atom is -0.468 e. The first kappa shape index (κ1) is 10.0. The standard InChI is InChI=1S/C12H15FN2O/c1-8(2)15-6-12(7-15)5-9-3-4-10(13)14-11(9)16-12/h3-4,8H,5-7H2,1-2H3. The molecule has 1 spiro atoms. The molecule has 16 heavy (non-hydrogen) atoms. The number of rotatable bonds is 1. The molecule has 4 heteroatoms. The van der Waals surface area contributed by atoms with Crippen LogP contribution < -0.4 is 4.74 Å². The van der Waals surface area contributed by atoms with Crippen molar-refractivity contribution >= 4 is 0 Å². The Balaban J connectivity index is 1.77. The Kier molecular flexibility index (Phi) is 1.98. The van der Waals surface area contributed by atoms with E-state index in [0.29, 0.717) is 11.9 Å². The van der Waals surface area contributed by atoms with E-state index in [4.69, 9.17) is 4.74 Å². The Morgan fingerprint density at radius 3 is 2.88 bits per heavy atom. The molecule has 3 heterocycles. The molecule has 0 radical (unpaired) electrons. The van der Waals surface area contributed by atoms with Gasteiger partial charge in [0, 0.05) is 31.1 Å². The van der Waals surface area contributed by atoms with Gasteiger partial charge in [-0.25, -0.2) is 0 Å². The van der Waals surface area contributed by atoms with Gasteiger partial charge in [-0.3, -0.25) is 4.90 Å². The van der Waals surface area contributed by atoms with Crippen LogP contribution in [-0.2, 0) is 6.42 Å². The molecule has 0 aromatic carbocycles. The quantitative estimate of drug-likeness (QED) is 0.675. The molecule has 3 nitrogen and oxygen atoms in total. The lowest BCUT2D eigenvalue weighted by Gasteiger charge is -2.48. The average Bonchev–Trinajstić information content (AvgIpc) is 2.53. The van der Waals surface area contributed by atoms with Crippen LogP contribution in [0.15, 0.2) is 12.1 Å². The van der Waals surface area contributed by atoms with Crippen molar-refractivity contribution in [2.45, 2.75) is 31.9 Å². The van der Waals surface area contributed by atoms with Crippen molar-refractivity contribution in [2.75, 3.05) is 13.1 Å². The van der Waals surface area contributed by atoms with Crippen LogP contribution in [0.1, 0.15) is 19.4 Å². The van der Waals surface area contributed by atoms with E-state index in [0.717, 1.165) is 25.1 Å². The minimum absolute atomic E-state index is 0.132. The summed E-state index contributed by atoms with van der Waals surface area (Å²) in [6, 6.07) is 3.73. The number of likely N-dealkylation sites (tertiary alicyclic amines) is 1. The van der Waals surface area contributed by atoms with Crippen molar-refractivity contribution in [2.24, 2.45) is 0 Å². The smallest absolute Gasteiger partial charge is 0.220 e. The molecular formula is C12H15FN2O. The van der Waals surface area contributed by atoms with Gasteiger partial charge >= 0.3 is 0 Å². The number of hydrogen-bond acceptors (Lipinski definition) is 3. The summed E-state index contributed by atoms with van der Waals surface area (Å²) >= 11 is 0. The molecule has 0 N–H and O–H groups in total. The predicted octanol–water partition coefficient (Wildman–Crippen LogP) is 1.62. The lowest BCUT2D eigenvalue weighted by molar-refractivity contribution is -0.0785. The van der Waals surface area contributed by atoms with Crippen LogP contribution in [-0.4, -0.2) is 34.6 Å². The molecule has 2 aliphatic heterocycles. The van der Waals surface area contributed by atoms with Gasteiger partial charge in [0.2, 0.25) is 11.8 Å². The number of aromatic nitrogens is 1. The van der Waals surface area contributed by atoms with Crippen molar-refractivity contribution in [3.63, 3.8) is 0 Å². The molecule has 0 atom stereocenters. The first-order valence-electron chi connectivity index (χ1n) is 5.66. The van der Waals surface area contributed by atoms with Gasteiger partial charge in [-0.05, 0) is 26.0 Å². The van der Waals surface area contributed by atoms with E-state index in [9.17, 15) is 4.39 Å². The SMILES string of the molecule is CC(C)N1CC2(Cc3ccc(F)nc3O2)C1. The molecule has 0 amide bonds. The Hall–Kier alpha value is -1.16. The van der Waals surface area contributed by atoms with Crippen molar-refractivity contribution in [1.29, 1.82) is 0 Å². The van der Waals surface area contributed by atoms with Crippen molar-refractivity contribution < 1.29 is 9.13 Å². The normalized spacial score (nSPS) is 22.0. The van der Waals surface area contributed by atoms with Gasteiger partial charge in [0.25, 0.3) is 0 Å². The van der Waals surface area contributed by atoms with Crippen molar-refractivity contribution in [3.05, 3.63) is 23.6 Å². The maximum atomic E-state index is 12.9. The highest BCUT2D eigenvalue weighted by Crippen LogP contribution is 2.39. The second-order valence-corrected chi connectivity index (χ2v) is 5.06. The van der Waals surface area contributed by atoms with Gasteiger partial charge in [-0.2, -0.15) is 9.37 Å². The molecular weight excluding hydrogens is 207 g/mol. The number of ether oxygens (including phenoxy) is 1. The summed E-state index contributed by atoms with van der Waals surface area (Å²) in [6.45, 7) is 6.19. The summed E-state index contributed by atoms with van der Waals surface area (Å²) < 4.78 is 18.7. The first-order chi connectivity index (χ1) is 7.58. The molecule has 86 valence electrons. The Bertz CT molecular complexity index is 427. The number of nitrogens with zero attached hydrogens (tertiary/aromatic N) is 2. The van der Waals surface area contributed by atoms with E-state index in [1.165, 1.54) is 6.07 Å². The summed E-state index contributed by atoms with van der Waals surface area (Å²) in [4.78, 5) is 6.14. The highest BCUT2D eigenvalue weighted by atomic mass is 19.1. The van der Waals surface area contributed by atoms with E-state index in [2.05, 4.69) is 23.7 Å². The number of fused-ring (bicyclic) bond motifs is 1. The third kappa shape index (κ3) is 1.40. The van der Waals surface area contributed by atoms with Gasteiger partial charge < -0.3 is 4.74 Å². The summed E-state index contributed by atoms with van der Waals surface area (Å²) in [6.07, 6.45) is 0.860. The molecule has 0 aliphatic carbocycles. The highest BCUT2D eigenvalue weighted by molar-refractivity contribution is 5.35. The zero-order valence-electron chi connectivity index (χ0n) is 9.53. The Morgan fingerprint density at radius 2 is 2.19 bits per heavy atom. The number of halogens is 1. The fourth-order valence-electron chi connectivity index (χ4n) is 2.49. The van der Waals surface area contributed by atoms with E-state index in [-0.39, 0.29) is 5.60 Å². The van der Waals surface area contributed by atoms with Crippen LogP contribution >= 0.6 is 0 Å². The molecule has 2 aliphatic rings. The summed E-state index contributed by atoms with van der Waals surface area (Å²) in [5.41, 5.74) is 0.901. The molecule has 1 fully saturated rings. The molecule has 1 aromatic rings. The van der Waals surface area contributed by atoms with Gasteiger partial charge in [0.05, 0.1) is 0 Å². The summed E-state index contributed by atoms with van der Waals surface area (Å²) in [5.74, 6) is 0.0271. The van der Waals surface area contributed by atoms with Crippen molar-refractivity contribution in [1.82, 2.24) is 9.88 Å². The third-order valence-corrected chi connectivity index (χ3v) is 3.44. The third-order valence-electron chi connectivity index (χ3n) is 3.44. The highest BCUT2D eigenvalue weighted by Gasteiger charge is 2.50. The maximum Gasteiger partial charge on any atom is 0.220 e. The zero-order chi connectivity index (χ0) is 11.3. The van der Waals surface area contributed by atoms with Crippen LogP contribution in [0.5, 0.6) is 5.88 Å². The van der Waals surface area contributed by atoms with Crippen LogP contribution in [0, 0.1) is 5.95 Å². The maximum absolute atomic E-state index is 12.9. The first-order valence-corrected chi connectivity index (χ1v) is 5.66. The molecule has 1 aromatic heterocycles. The van der Waals surface area contributed by atoms with E-state index in [1.807, 2.05) is 0 Å². The summed E-state index contributed by atoms with van der Waals surface area (Å²) in [7, 11) is 0. The topological polar surface area (TPSA) is 25.4 Å². The van der Waals surface area contributed by atoms with Gasteiger partial charge in [0.1, 0.15) is 5.60 Å². The second-order valence-electron chi connectivity index (χ2n) is 5.06. The lowest BCUT2D eigenvalue weighted by Crippen LogP contribution is -2.66. The Morgan fingerprint density at radius 1 is 1.44 bits per heavy atom. The minimum atomic E-state index is -0.462. The predicted molar refractivity (Wildman–Crippen MR) is 58.0 cm³/mol. The largest absolute Gasteiger partial charge is 0.468 e. The zero-order valence-corrected chi connectivity index (χ0v) is 9.53. The van der Waals surface area contributed by atoms with Gasteiger partial charge in [-0.15, -0.1) is 0 Å². The van der Waals surface area contributed by atoms with Crippen molar-refractivity contribution in [3.8, 4) is 5.88 Å². The molecule has 3 rings (SSSR count). The van der Waals surface area contributed by atoms with Crippen LogP contribution in [0.25, 0.3) is 0 Å². The fraction of sp³-hybridized carbons (Fsp3) is 0.583. The fourth-order valence-corrected chi connectivity index (χ4v) is 2.49. The average molecular weight is 222 g/mol. The molecule has 0 unspecified atom stereocenters.